The highest BCUT2D eigenvalue weighted by molar-refractivity contribution is 9.09. The van der Waals surface area contributed by atoms with Crippen LogP contribution in [0.15, 0.2) is 25.3 Å². The Morgan fingerprint density at radius 2 is 0.943 bits per heavy atom. The Kier molecular flexibility index (Phi) is 45.2. The fourth-order valence-electron chi connectivity index (χ4n) is 3.71. The molecule has 35 heavy (non-hydrogen) atoms. The van der Waals surface area contributed by atoms with E-state index in [0.717, 1.165) is 0 Å². The molecule has 0 atom stereocenters. The molecule has 0 aromatic carbocycles. The summed E-state index contributed by atoms with van der Waals surface area (Å²) in [5.74, 6) is -0.264. The van der Waals surface area contributed by atoms with E-state index in [1.165, 1.54) is 160 Å². The molecule has 0 aliphatic rings. The molecule has 0 amide bonds. The van der Waals surface area contributed by atoms with Gasteiger partial charge in [0.25, 0.3) is 0 Å². The van der Waals surface area contributed by atoms with Gasteiger partial charge in [-0.15, -0.1) is 6.58 Å². The zero-order valence-electron chi connectivity index (χ0n) is 24.2. The van der Waals surface area contributed by atoms with Gasteiger partial charge in [-0.05, 0) is 19.3 Å². The fraction of sp³-hybridized carbons (Fsp3) is 0.844. The minimum atomic E-state index is -0.264. The second-order valence-electron chi connectivity index (χ2n) is 9.58. The monoisotopic (exact) mass is 558 g/mol. The Bertz CT molecular complexity index is 385. The Morgan fingerprint density at radius 1 is 0.600 bits per heavy atom. The number of carbonyl (C=O) groups is 1. The summed E-state index contributed by atoms with van der Waals surface area (Å²) in [5, 5.41) is 1.18. The third kappa shape index (κ3) is 51.1. The second kappa shape index (κ2) is 40.6. The van der Waals surface area contributed by atoms with E-state index in [9.17, 15) is 4.79 Å². The zero-order valence-corrected chi connectivity index (χ0v) is 25.8. The second-order valence-corrected chi connectivity index (χ2v) is 10.4. The number of esters is 1. The van der Waals surface area contributed by atoms with E-state index in [-0.39, 0.29) is 5.97 Å². The summed E-state index contributed by atoms with van der Waals surface area (Å²) in [6.45, 7) is 13.3. The molecule has 0 spiro atoms. The summed E-state index contributed by atoms with van der Waals surface area (Å²) in [4.78, 5) is 9.93. The first-order chi connectivity index (χ1) is 17.1. The lowest BCUT2D eigenvalue weighted by molar-refractivity contribution is -0.139. The first-order valence-corrected chi connectivity index (χ1v) is 16.1. The molecule has 2 nitrogen and oxygen atoms in total. The van der Waals surface area contributed by atoms with Gasteiger partial charge in [0.1, 0.15) is 6.61 Å². The third-order valence-electron chi connectivity index (χ3n) is 5.90. The van der Waals surface area contributed by atoms with Gasteiger partial charge in [0.05, 0.1) is 0 Å². The van der Waals surface area contributed by atoms with Crippen LogP contribution in [0.4, 0.5) is 0 Å². The van der Waals surface area contributed by atoms with Crippen molar-refractivity contribution in [3.05, 3.63) is 25.3 Å². The van der Waals surface area contributed by atoms with Gasteiger partial charge in [-0.25, -0.2) is 0 Å². The van der Waals surface area contributed by atoms with Crippen LogP contribution in [0.1, 0.15) is 162 Å². The van der Waals surface area contributed by atoms with Crippen molar-refractivity contribution in [2.24, 2.45) is 0 Å². The van der Waals surface area contributed by atoms with Crippen molar-refractivity contribution in [2.75, 3.05) is 11.9 Å². The molecule has 0 aliphatic heterocycles. The molecule has 3 heteroatoms. The maximum absolute atomic E-state index is 9.93. The molecule has 0 saturated carbocycles. The quantitative estimate of drug-likeness (QED) is 0.0509. The van der Waals surface area contributed by atoms with E-state index in [4.69, 9.17) is 0 Å². The van der Waals surface area contributed by atoms with E-state index in [2.05, 4.69) is 47.7 Å². The first kappa shape index (κ1) is 39.0. The summed E-state index contributed by atoms with van der Waals surface area (Å²) in [6, 6.07) is 0. The lowest BCUT2D eigenvalue weighted by Gasteiger charge is -2.01. The number of carbonyl (C=O) groups excluding carboxylic acids is 1. The highest BCUT2D eigenvalue weighted by Crippen LogP contribution is 2.12. The van der Waals surface area contributed by atoms with Crippen molar-refractivity contribution in [1.82, 2.24) is 0 Å². The van der Waals surface area contributed by atoms with E-state index >= 15 is 0 Å². The number of rotatable bonds is 24. The molecular weight excluding hydrogens is 496 g/mol. The van der Waals surface area contributed by atoms with Gasteiger partial charge in [-0.1, -0.05) is 171 Å². The molecule has 0 aliphatic carbocycles. The number of unbranched alkanes of at least 4 members (excludes halogenated alkanes) is 20. The standard InChI is InChI=1S/C15H30.C12H25Br.C5H8O2/c1-3-5-7-9-11-13-15-14-12-10-8-6-4-2;1-2-3-4-5-6-7-8-9-10-11-12-13;1-3-4-7-5(2)6/h3H,1,4-15H2,2H3;2-12H2,1H3;3H,1,4H2,2H3. The average Bonchev–Trinajstić information content (AvgIpc) is 2.86. The van der Waals surface area contributed by atoms with Crippen LogP contribution < -0.4 is 0 Å². The molecule has 0 fully saturated rings. The van der Waals surface area contributed by atoms with E-state index in [1.807, 2.05) is 6.08 Å². The Balaban J connectivity index is -0.000000467. The number of alkyl halides is 1. The smallest absolute Gasteiger partial charge is 0.302 e. The molecule has 0 heterocycles. The Labute approximate surface area is 230 Å². The maximum atomic E-state index is 9.93. The predicted octanol–water partition coefficient (Wildman–Crippen LogP) is 11.9. The van der Waals surface area contributed by atoms with Crippen LogP contribution in [0.2, 0.25) is 0 Å². The molecule has 0 bridgehead atoms. The molecule has 0 saturated heterocycles. The van der Waals surface area contributed by atoms with E-state index in [1.54, 1.807) is 0 Å². The maximum Gasteiger partial charge on any atom is 0.302 e. The van der Waals surface area contributed by atoms with Crippen LogP contribution in [0.5, 0.6) is 0 Å². The van der Waals surface area contributed by atoms with Crippen molar-refractivity contribution in [2.45, 2.75) is 162 Å². The van der Waals surface area contributed by atoms with Crippen molar-refractivity contribution in [3.8, 4) is 0 Å². The van der Waals surface area contributed by atoms with Gasteiger partial charge in [0.15, 0.2) is 0 Å². The topological polar surface area (TPSA) is 26.3 Å². The Morgan fingerprint density at radius 3 is 1.20 bits per heavy atom. The lowest BCUT2D eigenvalue weighted by atomic mass is 10.1. The molecule has 0 aromatic heterocycles. The van der Waals surface area contributed by atoms with Crippen molar-refractivity contribution in [3.63, 3.8) is 0 Å². The first-order valence-electron chi connectivity index (χ1n) is 15.0. The van der Waals surface area contributed by atoms with E-state index < -0.39 is 0 Å². The molecule has 0 N–H and O–H groups in total. The van der Waals surface area contributed by atoms with Gasteiger partial charge in [-0.3, -0.25) is 4.79 Å². The summed E-state index contributed by atoms with van der Waals surface area (Å²) in [5.41, 5.74) is 0. The SMILES string of the molecule is C=CCCCCCCCCCCCCC.C=CCOC(C)=O.CCCCCCCCCCCCBr. The molecule has 0 rings (SSSR count). The van der Waals surface area contributed by atoms with Crippen molar-refractivity contribution in [1.29, 1.82) is 0 Å². The normalized spacial score (nSPS) is 9.94. The minimum Gasteiger partial charge on any atom is -0.462 e. The summed E-state index contributed by atoms with van der Waals surface area (Å²) in [6.07, 6.45) is 34.8. The third-order valence-corrected chi connectivity index (χ3v) is 6.46. The number of halogens is 1. The number of hydrogen-bond donors (Lipinski definition) is 0. The summed E-state index contributed by atoms with van der Waals surface area (Å²) >= 11 is 3.46. The Hall–Kier alpha value is -0.570. The average molecular weight is 560 g/mol. The number of hydrogen-bond acceptors (Lipinski definition) is 2. The summed E-state index contributed by atoms with van der Waals surface area (Å²) < 4.78 is 4.43. The zero-order chi connectivity index (χ0) is 26.7. The molecule has 0 aromatic rings. The van der Waals surface area contributed by atoms with E-state index in [0.29, 0.717) is 6.61 Å². The highest BCUT2D eigenvalue weighted by atomic mass is 79.9. The lowest BCUT2D eigenvalue weighted by Crippen LogP contribution is -1.96. The van der Waals surface area contributed by atoms with Crippen LogP contribution in [0, 0.1) is 0 Å². The predicted molar refractivity (Wildman–Crippen MR) is 164 cm³/mol. The largest absolute Gasteiger partial charge is 0.462 e. The van der Waals surface area contributed by atoms with Crippen LogP contribution in [-0.4, -0.2) is 17.9 Å². The van der Waals surface area contributed by atoms with Gasteiger partial charge in [0, 0.05) is 12.3 Å². The van der Waals surface area contributed by atoms with Gasteiger partial charge < -0.3 is 4.74 Å². The number of ether oxygens (including phenoxy) is 1. The van der Waals surface area contributed by atoms with Crippen LogP contribution in [0.3, 0.4) is 0 Å². The van der Waals surface area contributed by atoms with Crippen molar-refractivity contribution >= 4 is 21.9 Å². The van der Waals surface area contributed by atoms with Gasteiger partial charge in [-0.2, -0.15) is 0 Å². The van der Waals surface area contributed by atoms with Gasteiger partial charge in [0.2, 0.25) is 0 Å². The molecule has 0 radical (unpaired) electrons. The summed E-state index contributed by atoms with van der Waals surface area (Å²) in [7, 11) is 0. The molecule has 0 unspecified atom stereocenters. The molecule has 210 valence electrons. The number of allylic oxidation sites excluding steroid dienone is 1. The van der Waals surface area contributed by atoms with Crippen molar-refractivity contribution < 1.29 is 9.53 Å². The fourth-order valence-corrected chi connectivity index (χ4v) is 4.11. The van der Waals surface area contributed by atoms with Gasteiger partial charge >= 0.3 is 5.97 Å². The highest BCUT2D eigenvalue weighted by Gasteiger charge is 1.92. The minimum absolute atomic E-state index is 0.264. The molecular formula is C32H63BrO2. The van der Waals surface area contributed by atoms with Crippen LogP contribution >= 0.6 is 15.9 Å². The van der Waals surface area contributed by atoms with Crippen LogP contribution in [-0.2, 0) is 9.53 Å². The van der Waals surface area contributed by atoms with Crippen LogP contribution in [0.25, 0.3) is 0 Å².